The van der Waals surface area contributed by atoms with Crippen LogP contribution in [0.25, 0.3) is 0 Å². The first kappa shape index (κ1) is 17.8. The molecule has 110 valence electrons. The van der Waals surface area contributed by atoms with Crippen LogP contribution in [0.15, 0.2) is 18.2 Å². The Balaban J connectivity index is 0.00000200. The van der Waals surface area contributed by atoms with E-state index in [1.165, 1.54) is 10.6 Å². The number of halogens is 3. The molecule has 1 aromatic carbocycles. The fourth-order valence-corrected chi connectivity index (χ4v) is 3.55. The number of benzene rings is 1. The third kappa shape index (κ3) is 4.10. The first-order valence-electron chi connectivity index (χ1n) is 6.02. The SMILES string of the molecule is CC(C)(C)c1[nH+]c(N)sc1Cc1ccc(Cl)cc1Cl.[Br-]. The largest absolute Gasteiger partial charge is 1.00 e. The van der Waals surface area contributed by atoms with E-state index in [2.05, 4.69) is 25.8 Å². The van der Waals surface area contributed by atoms with Gasteiger partial charge >= 0.3 is 5.13 Å². The van der Waals surface area contributed by atoms with Gasteiger partial charge in [0.25, 0.3) is 0 Å². The predicted molar refractivity (Wildman–Crippen MR) is 83.3 cm³/mol. The molecule has 0 unspecified atom stereocenters. The molecule has 2 aromatic rings. The van der Waals surface area contributed by atoms with Crippen LogP contribution >= 0.6 is 34.5 Å². The molecule has 0 fully saturated rings. The van der Waals surface area contributed by atoms with Crippen molar-refractivity contribution in [2.45, 2.75) is 32.6 Å². The molecule has 0 radical (unpaired) electrons. The van der Waals surface area contributed by atoms with E-state index in [4.69, 9.17) is 28.9 Å². The second-order valence-corrected chi connectivity index (χ2v) is 7.53. The van der Waals surface area contributed by atoms with Crippen LogP contribution < -0.4 is 27.7 Å². The van der Waals surface area contributed by atoms with Crippen LogP contribution in [0.2, 0.25) is 10.0 Å². The van der Waals surface area contributed by atoms with Crippen molar-refractivity contribution in [1.82, 2.24) is 0 Å². The summed E-state index contributed by atoms with van der Waals surface area (Å²) in [5.41, 5.74) is 8.16. The van der Waals surface area contributed by atoms with Crippen LogP contribution in [0.1, 0.15) is 36.9 Å². The molecule has 0 aliphatic heterocycles. The van der Waals surface area contributed by atoms with Crippen molar-refractivity contribution in [3.63, 3.8) is 0 Å². The minimum Gasteiger partial charge on any atom is -1.00 e. The highest BCUT2D eigenvalue weighted by Crippen LogP contribution is 2.31. The van der Waals surface area contributed by atoms with Gasteiger partial charge in [0, 0.05) is 21.9 Å². The summed E-state index contributed by atoms with van der Waals surface area (Å²) in [7, 11) is 0. The standard InChI is InChI=1S/C14H16Cl2N2S.BrH/c1-14(2,3)12-11(19-13(17)18-12)6-8-4-5-9(15)7-10(8)16;/h4-5,7H,6H2,1-3H3,(H2,17,18);1H. The Bertz CT molecular complexity index is 606. The molecule has 0 atom stereocenters. The van der Waals surface area contributed by atoms with Gasteiger partial charge in [0.1, 0.15) is 5.69 Å². The van der Waals surface area contributed by atoms with Crippen molar-refractivity contribution in [1.29, 1.82) is 0 Å². The number of thiazole rings is 1. The molecular weight excluding hydrogens is 379 g/mol. The van der Waals surface area contributed by atoms with E-state index in [1.807, 2.05) is 12.1 Å². The van der Waals surface area contributed by atoms with Gasteiger partial charge < -0.3 is 17.0 Å². The van der Waals surface area contributed by atoms with Gasteiger partial charge in [-0.3, -0.25) is 5.73 Å². The van der Waals surface area contributed by atoms with Crippen molar-refractivity contribution in [3.05, 3.63) is 44.4 Å². The van der Waals surface area contributed by atoms with Crippen LogP contribution in [0.3, 0.4) is 0 Å². The van der Waals surface area contributed by atoms with Gasteiger partial charge in [-0.25, -0.2) is 4.98 Å². The average Bonchev–Trinajstić information content (AvgIpc) is 2.63. The molecule has 1 heterocycles. The lowest BCUT2D eigenvalue weighted by Crippen LogP contribution is -3.00. The number of anilines is 1. The molecular formula is C14H17BrCl2N2S. The third-order valence-corrected chi connectivity index (χ3v) is 4.38. The normalized spacial score (nSPS) is 11.2. The van der Waals surface area contributed by atoms with Crippen LogP contribution in [0, 0.1) is 0 Å². The number of nitrogen functional groups attached to an aromatic ring is 1. The minimum absolute atomic E-state index is 0. The first-order valence-corrected chi connectivity index (χ1v) is 7.59. The number of H-pyrrole nitrogens is 1. The lowest BCUT2D eigenvalue weighted by molar-refractivity contribution is -0.373. The molecule has 2 rings (SSSR count). The Labute approximate surface area is 144 Å². The molecule has 20 heavy (non-hydrogen) atoms. The number of aromatic nitrogens is 1. The van der Waals surface area contributed by atoms with E-state index >= 15 is 0 Å². The quantitative estimate of drug-likeness (QED) is 0.818. The summed E-state index contributed by atoms with van der Waals surface area (Å²) in [5, 5.41) is 2.08. The van der Waals surface area contributed by atoms with Crippen molar-refractivity contribution in [3.8, 4) is 0 Å². The molecule has 0 saturated carbocycles. The van der Waals surface area contributed by atoms with Crippen LogP contribution in [-0.2, 0) is 11.8 Å². The maximum atomic E-state index is 6.23. The number of nitrogens with one attached hydrogen (secondary N) is 1. The zero-order chi connectivity index (χ0) is 14.2. The van der Waals surface area contributed by atoms with Crippen molar-refractivity contribution < 1.29 is 22.0 Å². The molecule has 6 heteroatoms. The lowest BCUT2D eigenvalue weighted by atomic mass is 9.90. The van der Waals surface area contributed by atoms with E-state index in [9.17, 15) is 0 Å². The lowest BCUT2D eigenvalue weighted by Gasteiger charge is -2.15. The molecule has 3 N–H and O–H groups in total. The van der Waals surface area contributed by atoms with Crippen molar-refractivity contribution >= 4 is 39.7 Å². The highest BCUT2D eigenvalue weighted by Gasteiger charge is 2.26. The third-order valence-electron chi connectivity index (χ3n) is 2.88. The number of nitrogens with two attached hydrogens (primary N) is 1. The summed E-state index contributed by atoms with van der Waals surface area (Å²) in [6, 6.07) is 5.60. The summed E-state index contributed by atoms with van der Waals surface area (Å²) in [6.45, 7) is 6.49. The van der Waals surface area contributed by atoms with Crippen molar-refractivity contribution in [2.75, 3.05) is 5.73 Å². The Kier molecular flexibility index (Phi) is 5.90. The van der Waals surface area contributed by atoms with E-state index in [0.29, 0.717) is 10.0 Å². The number of aromatic amines is 1. The Morgan fingerprint density at radius 1 is 1.25 bits per heavy atom. The van der Waals surface area contributed by atoms with Gasteiger partial charge in [-0.05, 0) is 17.7 Å². The summed E-state index contributed by atoms with van der Waals surface area (Å²) < 4.78 is 0. The predicted octanol–water partition coefficient (Wildman–Crippen LogP) is 1.34. The smallest absolute Gasteiger partial charge is 0.329 e. The van der Waals surface area contributed by atoms with Crippen LogP contribution in [-0.4, -0.2) is 0 Å². The van der Waals surface area contributed by atoms with Crippen LogP contribution in [0.4, 0.5) is 5.13 Å². The maximum absolute atomic E-state index is 6.23. The highest BCUT2D eigenvalue weighted by molar-refractivity contribution is 7.15. The Morgan fingerprint density at radius 2 is 1.90 bits per heavy atom. The zero-order valence-corrected chi connectivity index (χ0v) is 15.5. The average molecular weight is 396 g/mol. The van der Waals surface area contributed by atoms with E-state index in [-0.39, 0.29) is 22.4 Å². The summed E-state index contributed by atoms with van der Waals surface area (Å²) in [6.07, 6.45) is 0.765. The molecule has 0 bridgehead atoms. The number of rotatable bonds is 2. The molecule has 2 nitrogen and oxygen atoms in total. The minimum atomic E-state index is 0. The molecule has 1 aromatic heterocycles. The molecule has 0 aliphatic rings. The Hall–Kier alpha value is -0.290. The summed E-state index contributed by atoms with van der Waals surface area (Å²) in [5.74, 6) is 0. The zero-order valence-electron chi connectivity index (χ0n) is 11.6. The maximum Gasteiger partial charge on any atom is 0.329 e. The molecule has 0 saturated heterocycles. The van der Waals surface area contributed by atoms with Crippen LogP contribution in [0.5, 0.6) is 0 Å². The number of hydrogen-bond acceptors (Lipinski definition) is 2. The summed E-state index contributed by atoms with van der Waals surface area (Å²) in [4.78, 5) is 4.48. The van der Waals surface area contributed by atoms with Gasteiger partial charge in [0.05, 0.1) is 4.88 Å². The van der Waals surface area contributed by atoms with Gasteiger partial charge in [-0.15, -0.1) is 0 Å². The van der Waals surface area contributed by atoms with Gasteiger partial charge in [-0.2, -0.15) is 0 Å². The molecule has 0 amide bonds. The van der Waals surface area contributed by atoms with Gasteiger partial charge in [0.15, 0.2) is 0 Å². The molecule has 0 aliphatic carbocycles. The topological polar surface area (TPSA) is 40.2 Å². The van der Waals surface area contributed by atoms with Gasteiger partial charge in [0.2, 0.25) is 0 Å². The highest BCUT2D eigenvalue weighted by atomic mass is 79.9. The second kappa shape index (κ2) is 6.65. The fraction of sp³-hybridized carbons (Fsp3) is 0.357. The first-order chi connectivity index (χ1) is 8.77. The summed E-state index contributed by atoms with van der Waals surface area (Å²) >= 11 is 13.7. The number of hydrogen-bond donors (Lipinski definition) is 1. The van der Waals surface area contributed by atoms with Crippen molar-refractivity contribution in [2.24, 2.45) is 0 Å². The fourth-order valence-electron chi connectivity index (χ4n) is 1.97. The van der Waals surface area contributed by atoms with E-state index < -0.39 is 0 Å². The van der Waals surface area contributed by atoms with Gasteiger partial charge in [-0.1, -0.05) is 61.4 Å². The van der Waals surface area contributed by atoms with E-state index in [1.54, 1.807) is 17.4 Å². The molecule has 0 spiro atoms. The monoisotopic (exact) mass is 394 g/mol. The second-order valence-electron chi connectivity index (χ2n) is 5.55. The Morgan fingerprint density at radius 3 is 2.45 bits per heavy atom. The van der Waals surface area contributed by atoms with E-state index in [0.717, 1.165) is 17.1 Å².